The standard InChI is InChI=1S/C10H16N4O/c1-2-3-4-8-7-5-6-12-9(7)14(13-8)10(11)15/h12H,2-6H2,1H3,(H2,11,15). The Hall–Kier alpha value is -1.52. The van der Waals surface area contributed by atoms with Crippen molar-refractivity contribution >= 4 is 11.8 Å². The predicted octanol–water partition coefficient (Wildman–Crippen LogP) is 1.12. The van der Waals surface area contributed by atoms with Gasteiger partial charge in [0.25, 0.3) is 0 Å². The van der Waals surface area contributed by atoms with Gasteiger partial charge in [-0.3, -0.25) is 0 Å². The van der Waals surface area contributed by atoms with E-state index >= 15 is 0 Å². The fourth-order valence-corrected chi connectivity index (χ4v) is 1.95. The number of hydrogen-bond donors (Lipinski definition) is 2. The molecule has 1 aliphatic heterocycles. The van der Waals surface area contributed by atoms with E-state index in [1.165, 1.54) is 10.2 Å². The zero-order chi connectivity index (χ0) is 10.8. The fourth-order valence-electron chi connectivity index (χ4n) is 1.95. The molecule has 2 heterocycles. The second-order valence-electron chi connectivity index (χ2n) is 3.80. The van der Waals surface area contributed by atoms with Crippen LogP contribution in [0.3, 0.4) is 0 Å². The van der Waals surface area contributed by atoms with Crippen LogP contribution >= 0.6 is 0 Å². The van der Waals surface area contributed by atoms with Gasteiger partial charge < -0.3 is 11.1 Å². The van der Waals surface area contributed by atoms with Gasteiger partial charge in [0, 0.05) is 12.1 Å². The number of nitrogens with zero attached hydrogens (tertiary/aromatic N) is 2. The Bertz CT molecular complexity index is 383. The summed E-state index contributed by atoms with van der Waals surface area (Å²) in [5, 5.41) is 7.39. The van der Waals surface area contributed by atoms with E-state index in [4.69, 9.17) is 5.73 Å². The van der Waals surface area contributed by atoms with Crippen molar-refractivity contribution < 1.29 is 4.79 Å². The van der Waals surface area contributed by atoms with Crippen LogP contribution in [0.5, 0.6) is 0 Å². The number of primary amides is 1. The van der Waals surface area contributed by atoms with Gasteiger partial charge >= 0.3 is 6.03 Å². The van der Waals surface area contributed by atoms with Crippen molar-refractivity contribution in [1.29, 1.82) is 0 Å². The number of hydrogen-bond acceptors (Lipinski definition) is 3. The Morgan fingerprint density at radius 3 is 3.13 bits per heavy atom. The molecule has 0 atom stereocenters. The Morgan fingerprint density at radius 1 is 1.67 bits per heavy atom. The number of carbonyl (C=O) groups excluding carboxylic acids is 1. The molecule has 0 bridgehead atoms. The molecule has 0 spiro atoms. The normalized spacial score (nSPS) is 13.7. The quantitative estimate of drug-likeness (QED) is 0.781. The van der Waals surface area contributed by atoms with E-state index in [9.17, 15) is 4.79 Å². The van der Waals surface area contributed by atoms with E-state index in [1.54, 1.807) is 0 Å². The molecule has 0 aliphatic carbocycles. The van der Waals surface area contributed by atoms with Gasteiger partial charge in [-0.25, -0.2) is 4.79 Å². The van der Waals surface area contributed by atoms with Crippen LogP contribution in [0.2, 0.25) is 0 Å². The highest BCUT2D eigenvalue weighted by atomic mass is 16.2. The molecular formula is C10H16N4O. The molecule has 0 radical (unpaired) electrons. The minimum atomic E-state index is -0.511. The summed E-state index contributed by atoms with van der Waals surface area (Å²) >= 11 is 0. The molecule has 0 saturated carbocycles. The van der Waals surface area contributed by atoms with Gasteiger partial charge in [0.1, 0.15) is 5.82 Å². The first-order valence-electron chi connectivity index (χ1n) is 5.38. The predicted molar refractivity (Wildman–Crippen MR) is 58.0 cm³/mol. The van der Waals surface area contributed by atoms with Gasteiger partial charge in [0.2, 0.25) is 0 Å². The van der Waals surface area contributed by atoms with Gasteiger partial charge in [-0.1, -0.05) is 13.3 Å². The molecule has 15 heavy (non-hydrogen) atoms. The molecule has 0 fully saturated rings. The van der Waals surface area contributed by atoms with Crippen LogP contribution in [0.25, 0.3) is 0 Å². The Morgan fingerprint density at radius 2 is 2.47 bits per heavy atom. The van der Waals surface area contributed by atoms with Crippen LogP contribution in [0.4, 0.5) is 10.6 Å². The minimum absolute atomic E-state index is 0.511. The van der Waals surface area contributed by atoms with Crippen molar-refractivity contribution in [3.05, 3.63) is 11.3 Å². The number of nitrogens with two attached hydrogens (primary N) is 1. The number of anilines is 1. The summed E-state index contributed by atoms with van der Waals surface area (Å²) < 4.78 is 1.29. The first-order valence-corrected chi connectivity index (χ1v) is 5.38. The molecule has 0 unspecified atom stereocenters. The van der Waals surface area contributed by atoms with E-state index < -0.39 is 6.03 Å². The molecular weight excluding hydrogens is 192 g/mol. The summed E-state index contributed by atoms with van der Waals surface area (Å²) in [7, 11) is 0. The fraction of sp³-hybridized carbons (Fsp3) is 0.600. The van der Waals surface area contributed by atoms with Gasteiger partial charge in [-0.05, 0) is 19.3 Å². The highest BCUT2D eigenvalue weighted by Gasteiger charge is 2.23. The summed E-state index contributed by atoms with van der Waals surface area (Å²) in [5.41, 5.74) is 7.44. The average molecular weight is 208 g/mol. The number of nitrogens with one attached hydrogen (secondary N) is 1. The Labute approximate surface area is 88.6 Å². The molecule has 3 N–H and O–H groups in total. The van der Waals surface area contributed by atoms with Crippen LogP contribution in [0.15, 0.2) is 0 Å². The van der Waals surface area contributed by atoms with E-state index in [0.717, 1.165) is 43.7 Å². The largest absolute Gasteiger partial charge is 0.369 e. The number of amides is 1. The van der Waals surface area contributed by atoms with Crippen LogP contribution in [0.1, 0.15) is 31.0 Å². The number of aromatic nitrogens is 2. The van der Waals surface area contributed by atoms with Crippen LogP contribution in [0, 0.1) is 0 Å². The third-order valence-electron chi connectivity index (χ3n) is 2.71. The Kier molecular flexibility index (Phi) is 2.62. The molecule has 1 amide bonds. The summed E-state index contributed by atoms with van der Waals surface area (Å²) in [6.07, 6.45) is 4.11. The number of fused-ring (bicyclic) bond motifs is 1. The van der Waals surface area contributed by atoms with Crippen molar-refractivity contribution in [3.8, 4) is 0 Å². The van der Waals surface area contributed by atoms with Gasteiger partial charge in [0.05, 0.1) is 5.69 Å². The van der Waals surface area contributed by atoms with Crippen molar-refractivity contribution in [2.45, 2.75) is 32.6 Å². The van der Waals surface area contributed by atoms with Crippen molar-refractivity contribution in [1.82, 2.24) is 9.78 Å². The van der Waals surface area contributed by atoms with Gasteiger partial charge in [-0.2, -0.15) is 9.78 Å². The SMILES string of the molecule is CCCCc1nn(C(N)=O)c2c1CCN2. The average Bonchev–Trinajstić information content (AvgIpc) is 2.75. The number of unbranched alkanes of at least 4 members (excludes halogenated alkanes) is 1. The van der Waals surface area contributed by atoms with E-state index in [1.807, 2.05) is 0 Å². The lowest BCUT2D eigenvalue weighted by molar-refractivity contribution is 0.248. The zero-order valence-electron chi connectivity index (χ0n) is 8.92. The van der Waals surface area contributed by atoms with Crippen LogP contribution in [-0.2, 0) is 12.8 Å². The summed E-state index contributed by atoms with van der Waals surface area (Å²) in [6.45, 7) is 3.02. The van der Waals surface area contributed by atoms with Gasteiger partial charge in [0.15, 0.2) is 0 Å². The molecule has 5 nitrogen and oxygen atoms in total. The van der Waals surface area contributed by atoms with Crippen molar-refractivity contribution in [3.63, 3.8) is 0 Å². The molecule has 2 rings (SSSR count). The first kappa shape index (κ1) is 10.0. The second kappa shape index (κ2) is 3.92. The molecule has 5 heteroatoms. The van der Waals surface area contributed by atoms with E-state index in [-0.39, 0.29) is 0 Å². The maximum atomic E-state index is 11.1. The summed E-state index contributed by atoms with van der Waals surface area (Å²) in [6, 6.07) is -0.511. The zero-order valence-corrected chi connectivity index (χ0v) is 8.92. The van der Waals surface area contributed by atoms with Crippen LogP contribution < -0.4 is 11.1 Å². The number of carbonyl (C=O) groups is 1. The van der Waals surface area contributed by atoms with Gasteiger partial charge in [-0.15, -0.1) is 0 Å². The molecule has 1 aromatic heterocycles. The molecule has 1 aromatic rings. The number of aryl methyl sites for hydroxylation is 1. The lowest BCUT2D eigenvalue weighted by atomic mass is 10.1. The maximum absolute atomic E-state index is 11.1. The molecule has 0 aromatic carbocycles. The Balaban J connectivity index is 2.31. The molecule has 82 valence electrons. The smallest absolute Gasteiger partial charge is 0.341 e. The highest BCUT2D eigenvalue weighted by Crippen LogP contribution is 2.26. The third kappa shape index (κ3) is 1.69. The van der Waals surface area contributed by atoms with Crippen molar-refractivity contribution in [2.24, 2.45) is 5.73 Å². The number of rotatable bonds is 3. The lowest BCUT2D eigenvalue weighted by Crippen LogP contribution is -2.22. The summed E-state index contributed by atoms with van der Waals surface area (Å²) in [5.74, 6) is 0.800. The maximum Gasteiger partial charge on any atom is 0.341 e. The van der Waals surface area contributed by atoms with Crippen LogP contribution in [-0.4, -0.2) is 22.4 Å². The topological polar surface area (TPSA) is 72.9 Å². The molecule has 0 saturated heterocycles. The highest BCUT2D eigenvalue weighted by molar-refractivity contribution is 5.79. The third-order valence-corrected chi connectivity index (χ3v) is 2.71. The second-order valence-corrected chi connectivity index (χ2v) is 3.80. The lowest BCUT2D eigenvalue weighted by Gasteiger charge is -1.99. The molecule has 1 aliphatic rings. The monoisotopic (exact) mass is 208 g/mol. The summed E-state index contributed by atoms with van der Waals surface area (Å²) in [4.78, 5) is 11.1. The first-order chi connectivity index (χ1) is 7.24. The van der Waals surface area contributed by atoms with E-state index in [0.29, 0.717) is 0 Å². The van der Waals surface area contributed by atoms with Crippen molar-refractivity contribution in [2.75, 3.05) is 11.9 Å². The minimum Gasteiger partial charge on any atom is -0.369 e. The van der Waals surface area contributed by atoms with E-state index in [2.05, 4.69) is 17.3 Å².